The molecule has 0 saturated heterocycles. The molecule has 0 aromatic heterocycles. The number of hydrogen-bond acceptors (Lipinski definition) is 1. The summed E-state index contributed by atoms with van der Waals surface area (Å²) in [5.41, 5.74) is 0.404. The zero-order valence-electron chi connectivity index (χ0n) is 8.88. The van der Waals surface area contributed by atoms with E-state index < -0.39 is 11.7 Å². The molecule has 4 heteroatoms. The average molecular weight is 227 g/mol. The summed E-state index contributed by atoms with van der Waals surface area (Å²) in [4.78, 5) is 4.07. The summed E-state index contributed by atoms with van der Waals surface area (Å²) in [5, 5.41) is 0. The Bertz CT molecular complexity index is 405. The lowest BCUT2D eigenvalue weighted by molar-refractivity contribution is -0.137. The molecule has 0 aliphatic heterocycles. The van der Waals surface area contributed by atoms with Crippen molar-refractivity contribution in [1.82, 2.24) is 0 Å². The predicted molar refractivity (Wildman–Crippen MR) is 58.7 cm³/mol. The van der Waals surface area contributed by atoms with E-state index in [4.69, 9.17) is 0 Å². The van der Waals surface area contributed by atoms with Crippen LogP contribution in [0, 0.1) is 0 Å². The summed E-state index contributed by atoms with van der Waals surface area (Å²) in [6.07, 6.45) is -2.72. The van der Waals surface area contributed by atoms with Crippen LogP contribution in [0.4, 0.5) is 13.2 Å². The molecular weight excluding hydrogens is 215 g/mol. The molecule has 0 aliphatic rings. The first-order valence-electron chi connectivity index (χ1n) is 4.74. The Kier molecular flexibility index (Phi) is 3.88. The molecule has 0 radical (unpaired) electrons. The van der Waals surface area contributed by atoms with E-state index in [-0.39, 0.29) is 0 Å². The molecule has 86 valence electrons. The van der Waals surface area contributed by atoms with Crippen molar-refractivity contribution in [1.29, 1.82) is 0 Å². The number of hydrogen-bond donors (Lipinski definition) is 0. The number of halogens is 3. The summed E-state index contributed by atoms with van der Waals surface area (Å²) in [7, 11) is 0. The van der Waals surface area contributed by atoms with Gasteiger partial charge in [0, 0.05) is 5.71 Å². The summed E-state index contributed by atoms with van der Waals surface area (Å²) in [6, 6.07) is 5.13. The molecule has 0 heterocycles. The fourth-order valence-electron chi connectivity index (χ4n) is 1.21. The fourth-order valence-corrected chi connectivity index (χ4v) is 1.21. The van der Waals surface area contributed by atoms with E-state index >= 15 is 0 Å². The molecule has 16 heavy (non-hydrogen) atoms. The topological polar surface area (TPSA) is 12.4 Å². The van der Waals surface area contributed by atoms with Crippen LogP contribution in [0.25, 0.3) is 0 Å². The Labute approximate surface area is 92.3 Å². The van der Waals surface area contributed by atoms with Crippen LogP contribution in [0.5, 0.6) is 0 Å². The Hall–Kier alpha value is -1.58. The second kappa shape index (κ2) is 4.96. The van der Waals surface area contributed by atoms with Gasteiger partial charge in [0.25, 0.3) is 0 Å². The van der Waals surface area contributed by atoms with Gasteiger partial charge in [-0.05, 0) is 24.6 Å². The lowest BCUT2D eigenvalue weighted by Crippen LogP contribution is -2.06. The Morgan fingerprint density at radius 3 is 2.69 bits per heavy atom. The summed E-state index contributed by atoms with van der Waals surface area (Å²) in [6.45, 7) is 5.58. The number of rotatable bonds is 3. The lowest BCUT2D eigenvalue weighted by Gasteiger charge is -2.08. The van der Waals surface area contributed by atoms with Gasteiger partial charge in [0.1, 0.15) is 0 Å². The van der Waals surface area contributed by atoms with Crippen molar-refractivity contribution < 1.29 is 13.2 Å². The normalized spacial score (nSPS) is 12.6. The van der Waals surface area contributed by atoms with Crippen LogP contribution in [-0.4, -0.2) is 12.3 Å². The third kappa shape index (κ3) is 3.22. The van der Waals surface area contributed by atoms with Crippen LogP contribution in [0.2, 0.25) is 0 Å². The zero-order chi connectivity index (χ0) is 12.2. The highest BCUT2D eigenvalue weighted by Gasteiger charge is 2.30. The highest BCUT2D eigenvalue weighted by Crippen LogP contribution is 2.29. The van der Waals surface area contributed by atoms with E-state index in [2.05, 4.69) is 11.6 Å². The van der Waals surface area contributed by atoms with Gasteiger partial charge in [0.15, 0.2) is 0 Å². The predicted octanol–water partition coefficient (Wildman–Crippen LogP) is 3.70. The number of nitrogens with zero attached hydrogens (tertiary/aromatic N) is 1. The van der Waals surface area contributed by atoms with E-state index in [0.717, 1.165) is 12.1 Å². The lowest BCUT2D eigenvalue weighted by atomic mass is 10.1. The SMILES string of the molecule is C=CCN=C(C)c1cccc(C(F)(F)F)c1. The van der Waals surface area contributed by atoms with Gasteiger partial charge in [-0.25, -0.2) is 0 Å². The highest BCUT2D eigenvalue weighted by atomic mass is 19.4. The van der Waals surface area contributed by atoms with E-state index in [1.807, 2.05) is 0 Å². The molecule has 1 aromatic carbocycles. The number of aliphatic imine (C=N–C) groups is 1. The maximum atomic E-state index is 12.4. The molecule has 0 atom stereocenters. The van der Waals surface area contributed by atoms with Gasteiger partial charge in [0.05, 0.1) is 12.1 Å². The van der Waals surface area contributed by atoms with Gasteiger partial charge < -0.3 is 0 Å². The molecule has 1 rings (SSSR count). The van der Waals surface area contributed by atoms with Crippen LogP contribution in [-0.2, 0) is 6.18 Å². The van der Waals surface area contributed by atoms with Gasteiger partial charge in [-0.2, -0.15) is 13.2 Å². The van der Waals surface area contributed by atoms with Gasteiger partial charge in [0.2, 0.25) is 0 Å². The average Bonchev–Trinajstić information content (AvgIpc) is 2.25. The Morgan fingerprint density at radius 1 is 1.44 bits per heavy atom. The van der Waals surface area contributed by atoms with E-state index in [9.17, 15) is 13.2 Å². The largest absolute Gasteiger partial charge is 0.416 e. The third-order valence-corrected chi connectivity index (χ3v) is 2.07. The summed E-state index contributed by atoms with van der Waals surface area (Å²) in [5.74, 6) is 0. The summed E-state index contributed by atoms with van der Waals surface area (Å²) >= 11 is 0. The van der Waals surface area contributed by atoms with Crippen molar-refractivity contribution in [3.63, 3.8) is 0 Å². The molecule has 0 amide bonds. The van der Waals surface area contributed by atoms with E-state index in [1.165, 1.54) is 6.07 Å². The van der Waals surface area contributed by atoms with Gasteiger partial charge in [-0.1, -0.05) is 18.2 Å². The molecule has 1 aromatic rings. The molecule has 0 bridgehead atoms. The van der Waals surface area contributed by atoms with Crippen molar-refractivity contribution in [2.75, 3.05) is 6.54 Å². The van der Waals surface area contributed by atoms with Gasteiger partial charge >= 0.3 is 6.18 Å². The highest BCUT2D eigenvalue weighted by molar-refractivity contribution is 5.98. The van der Waals surface area contributed by atoms with Gasteiger partial charge in [-0.3, -0.25) is 4.99 Å². The number of benzene rings is 1. The second-order valence-corrected chi connectivity index (χ2v) is 3.29. The molecule has 0 aliphatic carbocycles. The maximum Gasteiger partial charge on any atom is 0.416 e. The molecule has 1 nitrogen and oxygen atoms in total. The van der Waals surface area contributed by atoms with Crippen LogP contribution < -0.4 is 0 Å². The van der Waals surface area contributed by atoms with Crippen molar-refractivity contribution in [2.45, 2.75) is 13.1 Å². The van der Waals surface area contributed by atoms with Crippen LogP contribution in [0.3, 0.4) is 0 Å². The quantitative estimate of drug-likeness (QED) is 0.551. The summed E-state index contributed by atoms with van der Waals surface area (Å²) < 4.78 is 37.3. The molecular formula is C12H12F3N. The second-order valence-electron chi connectivity index (χ2n) is 3.29. The Balaban J connectivity index is 3.03. The molecule has 0 unspecified atom stereocenters. The minimum Gasteiger partial charge on any atom is -0.285 e. The maximum absolute atomic E-state index is 12.4. The number of alkyl halides is 3. The zero-order valence-corrected chi connectivity index (χ0v) is 8.88. The Morgan fingerprint density at radius 2 is 2.12 bits per heavy atom. The van der Waals surface area contributed by atoms with Gasteiger partial charge in [-0.15, -0.1) is 6.58 Å². The minimum atomic E-state index is -4.31. The van der Waals surface area contributed by atoms with Crippen molar-refractivity contribution in [2.24, 2.45) is 4.99 Å². The molecule has 0 fully saturated rings. The smallest absolute Gasteiger partial charge is 0.285 e. The van der Waals surface area contributed by atoms with Crippen molar-refractivity contribution in [3.8, 4) is 0 Å². The van der Waals surface area contributed by atoms with Crippen LogP contribution >= 0.6 is 0 Å². The first kappa shape index (κ1) is 12.5. The van der Waals surface area contributed by atoms with Crippen molar-refractivity contribution >= 4 is 5.71 Å². The van der Waals surface area contributed by atoms with Crippen LogP contribution in [0.15, 0.2) is 41.9 Å². The van der Waals surface area contributed by atoms with E-state index in [0.29, 0.717) is 17.8 Å². The standard InChI is InChI=1S/C12H12F3N/c1-3-7-16-9(2)10-5-4-6-11(8-10)12(13,14)15/h3-6,8H,1,7H2,2H3. The molecule has 0 saturated carbocycles. The van der Waals surface area contributed by atoms with Crippen molar-refractivity contribution in [3.05, 3.63) is 48.0 Å². The first-order chi connectivity index (χ1) is 7.45. The fraction of sp³-hybridized carbons (Fsp3) is 0.250. The minimum absolute atomic E-state index is 0.405. The molecule has 0 spiro atoms. The molecule has 0 N–H and O–H groups in total. The first-order valence-corrected chi connectivity index (χ1v) is 4.74. The van der Waals surface area contributed by atoms with Crippen LogP contribution in [0.1, 0.15) is 18.1 Å². The monoisotopic (exact) mass is 227 g/mol. The third-order valence-electron chi connectivity index (χ3n) is 2.07. The van der Waals surface area contributed by atoms with E-state index in [1.54, 1.807) is 19.1 Å².